The third-order valence-corrected chi connectivity index (χ3v) is 2.67. The summed E-state index contributed by atoms with van der Waals surface area (Å²) < 4.78 is 0. The zero-order valence-electron chi connectivity index (χ0n) is 10.9. The molecule has 3 rings (SSSR count). The molecule has 0 unspecified atom stereocenters. The number of anilines is 1. The van der Waals surface area contributed by atoms with Gasteiger partial charge in [-0.1, -0.05) is 12.1 Å². The molecule has 3 aromatic rings. The molecule has 0 saturated heterocycles. The fourth-order valence-corrected chi connectivity index (χ4v) is 1.67. The number of hydrogen-bond acceptors (Lipinski definition) is 8. The van der Waals surface area contributed by atoms with Gasteiger partial charge in [-0.05, 0) is 12.1 Å². The molecule has 0 aliphatic heterocycles. The Morgan fingerprint density at radius 2 is 2.00 bits per heavy atom. The van der Waals surface area contributed by atoms with Crippen LogP contribution in [0.2, 0.25) is 0 Å². The number of hydrazone groups is 1. The summed E-state index contributed by atoms with van der Waals surface area (Å²) in [6, 6.07) is 6.61. The van der Waals surface area contributed by atoms with E-state index in [9.17, 15) is 14.7 Å². The van der Waals surface area contributed by atoms with E-state index < -0.39 is 11.2 Å². The quantitative estimate of drug-likeness (QED) is 0.378. The number of para-hydroxylation sites is 1. The van der Waals surface area contributed by atoms with E-state index in [1.54, 1.807) is 18.2 Å². The fourth-order valence-electron chi connectivity index (χ4n) is 1.67. The summed E-state index contributed by atoms with van der Waals surface area (Å²) in [4.78, 5) is 30.9. The maximum Gasteiger partial charge on any atom is 0.327 e. The first-order valence-electron chi connectivity index (χ1n) is 6.07. The Bertz CT molecular complexity index is 976. The summed E-state index contributed by atoms with van der Waals surface area (Å²) in [5, 5.41) is 20.7. The molecule has 10 heteroatoms. The number of aromatic nitrogens is 5. The minimum Gasteiger partial charge on any atom is -0.507 e. The van der Waals surface area contributed by atoms with E-state index in [4.69, 9.17) is 0 Å². The standard InChI is InChI=1S/C12H9N7O3/c20-7-4-2-1-3-6(7)5-13-18-11-14-9-8(17-19-11)10(21)16-12(22)15-9/h1-5,20H,(H3,14,15,16,18,19,21,22)/b13-5+. The number of aromatic hydroxyl groups is 1. The van der Waals surface area contributed by atoms with Gasteiger partial charge < -0.3 is 5.11 Å². The number of nitrogens with one attached hydrogen (secondary N) is 3. The van der Waals surface area contributed by atoms with Crippen LogP contribution in [-0.4, -0.2) is 36.5 Å². The molecule has 110 valence electrons. The summed E-state index contributed by atoms with van der Waals surface area (Å²) >= 11 is 0. The van der Waals surface area contributed by atoms with Crippen molar-refractivity contribution in [3.05, 3.63) is 50.7 Å². The smallest absolute Gasteiger partial charge is 0.327 e. The van der Waals surface area contributed by atoms with Crippen molar-refractivity contribution in [1.82, 2.24) is 25.1 Å². The first-order chi connectivity index (χ1) is 10.6. The Balaban J connectivity index is 1.87. The molecule has 0 aliphatic rings. The third-order valence-electron chi connectivity index (χ3n) is 2.67. The predicted molar refractivity (Wildman–Crippen MR) is 77.9 cm³/mol. The minimum absolute atomic E-state index is 0.0102. The second kappa shape index (κ2) is 5.44. The molecule has 0 atom stereocenters. The van der Waals surface area contributed by atoms with E-state index in [0.717, 1.165) is 0 Å². The van der Waals surface area contributed by atoms with Crippen molar-refractivity contribution in [2.45, 2.75) is 0 Å². The molecule has 0 fully saturated rings. The molecule has 22 heavy (non-hydrogen) atoms. The average molecular weight is 299 g/mol. The van der Waals surface area contributed by atoms with Crippen LogP contribution in [0.3, 0.4) is 0 Å². The highest BCUT2D eigenvalue weighted by atomic mass is 16.3. The Morgan fingerprint density at radius 1 is 1.18 bits per heavy atom. The number of phenols is 1. The predicted octanol–water partition coefficient (Wildman–Crippen LogP) is -0.447. The zero-order chi connectivity index (χ0) is 15.5. The van der Waals surface area contributed by atoms with Gasteiger partial charge in [-0.25, -0.2) is 10.2 Å². The highest BCUT2D eigenvalue weighted by molar-refractivity contribution is 5.83. The van der Waals surface area contributed by atoms with Crippen LogP contribution in [0, 0.1) is 0 Å². The first-order valence-corrected chi connectivity index (χ1v) is 6.07. The second-order valence-electron chi connectivity index (χ2n) is 4.17. The number of hydrogen-bond donors (Lipinski definition) is 4. The number of nitrogens with zero attached hydrogens (tertiary/aromatic N) is 4. The van der Waals surface area contributed by atoms with E-state index in [1.807, 2.05) is 4.98 Å². The zero-order valence-corrected chi connectivity index (χ0v) is 10.9. The van der Waals surface area contributed by atoms with Crippen molar-refractivity contribution in [2.75, 3.05) is 5.43 Å². The van der Waals surface area contributed by atoms with Gasteiger partial charge >= 0.3 is 5.69 Å². The van der Waals surface area contributed by atoms with Crippen LogP contribution in [0.1, 0.15) is 5.56 Å². The molecule has 2 aromatic heterocycles. The van der Waals surface area contributed by atoms with Gasteiger partial charge in [0.15, 0.2) is 11.2 Å². The maximum absolute atomic E-state index is 11.5. The molecule has 0 saturated carbocycles. The van der Waals surface area contributed by atoms with E-state index in [0.29, 0.717) is 5.56 Å². The molecule has 10 nitrogen and oxygen atoms in total. The molecule has 1 aromatic carbocycles. The molecule has 4 N–H and O–H groups in total. The Morgan fingerprint density at radius 3 is 2.82 bits per heavy atom. The van der Waals surface area contributed by atoms with E-state index in [1.165, 1.54) is 12.3 Å². The highest BCUT2D eigenvalue weighted by Crippen LogP contribution is 2.12. The van der Waals surface area contributed by atoms with Gasteiger partial charge in [-0.3, -0.25) is 14.8 Å². The van der Waals surface area contributed by atoms with E-state index >= 15 is 0 Å². The fraction of sp³-hybridized carbons (Fsp3) is 0. The average Bonchev–Trinajstić information content (AvgIpc) is 2.48. The van der Waals surface area contributed by atoms with Crippen LogP contribution < -0.4 is 16.7 Å². The van der Waals surface area contributed by atoms with E-state index in [2.05, 4.69) is 30.7 Å². The lowest BCUT2D eigenvalue weighted by atomic mass is 10.2. The normalized spacial score (nSPS) is 11.1. The van der Waals surface area contributed by atoms with Crippen molar-refractivity contribution < 1.29 is 5.11 Å². The Kier molecular flexibility index (Phi) is 3.32. The Hall–Kier alpha value is -3.56. The Labute approximate surface area is 121 Å². The van der Waals surface area contributed by atoms with Crippen molar-refractivity contribution in [1.29, 1.82) is 0 Å². The van der Waals surface area contributed by atoms with Gasteiger partial charge in [-0.15, -0.1) is 10.2 Å². The van der Waals surface area contributed by atoms with Gasteiger partial charge in [0.2, 0.25) is 0 Å². The lowest BCUT2D eigenvalue weighted by molar-refractivity contribution is 0.474. The second-order valence-corrected chi connectivity index (χ2v) is 4.17. The van der Waals surface area contributed by atoms with Crippen LogP contribution in [-0.2, 0) is 0 Å². The molecular weight excluding hydrogens is 290 g/mol. The number of benzene rings is 1. The van der Waals surface area contributed by atoms with Crippen molar-refractivity contribution >= 4 is 23.3 Å². The van der Waals surface area contributed by atoms with Crippen molar-refractivity contribution in [2.24, 2.45) is 5.10 Å². The molecular formula is C12H9N7O3. The monoisotopic (exact) mass is 299 g/mol. The van der Waals surface area contributed by atoms with Crippen molar-refractivity contribution in [3.63, 3.8) is 0 Å². The molecule has 2 heterocycles. The van der Waals surface area contributed by atoms with Gasteiger partial charge in [0.05, 0.1) is 6.21 Å². The largest absolute Gasteiger partial charge is 0.507 e. The highest BCUT2D eigenvalue weighted by Gasteiger charge is 2.06. The van der Waals surface area contributed by atoms with E-state index in [-0.39, 0.29) is 22.9 Å². The number of H-pyrrole nitrogens is 2. The number of aromatic amines is 2. The van der Waals surface area contributed by atoms with Crippen molar-refractivity contribution in [3.8, 4) is 5.75 Å². The molecule has 0 amide bonds. The van der Waals surface area contributed by atoms with Crippen LogP contribution in [0.25, 0.3) is 11.2 Å². The topological polar surface area (TPSA) is 149 Å². The molecule has 0 spiro atoms. The number of rotatable bonds is 3. The maximum atomic E-state index is 11.5. The summed E-state index contributed by atoms with van der Waals surface area (Å²) in [5.41, 5.74) is 1.52. The molecule has 0 aliphatic carbocycles. The molecule has 0 bridgehead atoms. The first kappa shape index (κ1) is 13.4. The summed E-state index contributed by atoms with van der Waals surface area (Å²) in [6.45, 7) is 0. The van der Waals surface area contributed by atoms with Gasteiger partial charge in [-0.2, -0.15) is 10.1 Å². The SMILES string of the molecule is O=c1[nH]c(=O)c2nnc(N/N=C/c3ccccc3O)nc2[nH]1. The summed E-state index contributed by atoms with van der Waals surface area (Å²) in [7, 11) is 0. The lowest BCUT2D eigenvalue weighted by Gasteiger charge is -1.99. The third kappa shape index (κ3) is 2.65. The lowest BCUT2D eigenvalue weighted by Crippen LogP contribution is -2.23. The minimum atomic E-state index is -0.693. The van der Waals surface area contributed by atoms with Crippen LogP contribution in [0.5, 0.6) is 5.75 Å². The summed E-state index contributed by atoms with van der Waals surface area (Å²) in [6.07, 6.45) is 1.36. The van der Waals surface area contributed by atoms with Gasteiger partial charge in [0.25, 0.3) is 11.5 Å². The van der Waals surface area contributed by atoms with Gasteiger partial charge in [0.1, 0.15) is 5.75 Å². The summed E-state index contributed by atoms with van der Waals surface area (Å²) in [5.74, 6) is 0.0573. The van der Waals surface area contributed by atoms with Crippen LogP contribution in [0.15, 0.2) is 39.0 Å². The van der Waals surface area contributed by atoms with Crippen LogP contribution >= 0.6 is 0 Å². The molecule has 0 radical (unpaired) electrons. The number of fused-ring (bicyclic) bond motifs is 1. The number of phenolic OH excluding ortho intramolecular Hbond substituents is 1. The van der Waals surface area contributed by atoms with Gasteiger partial charge in [0, 0.05) is 5.56 Å². The van der Waals surface area contributed by atoms with Crippen LogP contribution in [0.4, 0.5) is 5.95 Å².